The Labute approximate surface area is 108 Å². The first-order valence-corrected chi connectivity index (χ1v) is 5.55. The Kier molecular flexibility index (Phi) is 5.23. The summed E-state index contributed by atoms with van der Waals surface area (Å²) >= 11 is 0. The van der Waals surface area contributed by atoms with E-state index < -0.39 is 23.6 Å². The maximum absolute atomic E-state index is 13.4. The van der Waals surface area contributed by atoms with Gasteiger partial charge in [0.15, 0.2) is 0 Å². The standard InChI is InChI=1S/C12H14F2N2O3/c1-16(12(19)15-6-5-11(17)18)7-8-9(13)3-2-4-10(8)14/h2-4H,5-7H2,1H3,(H,15,19)(H,17,18). The van der Waals surface area contributed by atoms with Crippen LogP contribution in [0.15, 0.2) is 18.2 Å². The van der Waals surface area contributed by atoms with E-state index >= 15 is 0 Å². The normalized spacial score (nSPS) is 10.1. The third kappa shape index (κ3) is 4.53. The second-order valence-electron chi connectivity index (χ2n) is 3.93. The summed E-state index contributed by atoms with van der Waals surface area (Å²) in [5.41, 5.74) is -0.210. The molecule has 0 aliphatic heterocycles. The van der Waals surface area contributed by atoms with Crippen LogP contribution < -0.4 is 5.32 Å². The van der Waals surface area contributed by atoms with Gasteiger partial charge in [-0.2, -0.15) is 0 Å². The largest absolute Gasteiger partial charge is 0.481 e. The number of amides is 2. The van der Waals surface area contributed by atoms with Gasteiger partial charge >= 0.3 is 12.0 Å². The SMILES string of the molecule is CN(Cc1c(F)cccc1F)C(=O)NCCC(=O)O. The second-order valence-corrected chi connectivity index (χ2v) is 3.93. The fraction of sp³-hybridized carbons (Fsp3) is 0.333. The maximum Gasteiger partial charge on any atom is 0.317 e. The Morgan fingerprint density at radius 1 is 1.32 bits per heavy atom. The Bertz CT molecular complexity index is 460. The van der Waals surface area contributed by atoms with Crippen molar-refractivity contribution in [2.24, 2.45) is 0 Å². The van der Waals surface area contributed by atoms with Gasteiger partial charge in [-0.05, 0) is 12.1 Å². The van der Waals surface area contributed by atoms with Gasteiger partial charge in [0.2, 0.25) is 0 Å². The van der Waals surface area contributed by atoms with E-state index in [1.807, 2.05) is 0 Å². The van der Waals surface area contributed by atoms with Gasteiger partial charge in [0.25, 0.3) is 0 Å². The molecule has 5 nitrogen and oxygen atoms in total. The summed E-state index contributed by atoms with van der Waals surface area (Å²) in [6.45, 7) is -0.282. The minimum atomic E-state index is -1.04. The molecule has 2 N–H and O–H groups in total. The molecule has 1 rings (SSSR count). The fourth-order valence-corrected chi connectivity index (χ4v) is 1.40. The average molecular weight is 272 g/mol. The zero-order valence-corrected chi connectivity index (χ0v) is 10.3. The molecule has 19 heavy (non-hydrogen) atoms. The maximum atomic E-state index is 13.4. The van der Waals surface area contributed by atoms with Crippen molar-refractivity contribution in [2.45, 2.75) is 13.0 Å². The quantitative estimate of drug-likeness (QED) is 0.855. The van der Waals surface area contributed by atoms with Crippen LogP contribution in [0.2, 0.25) is 0 Å². The van der Waals surface area contributed by atoms with Gasteiger partial charge in [0, 0.05) is 19.2 Å². The molecule has 7 heteroatoms. The summed E-state index contributed by atoms with van der Waals surface area (Å²) in [7, 11) is 1.36. The number of carbonyl (C=O) groups excluding carboxylic acids is 1. The summed E-state index contributed by atoms with van der Waals surface area (Å²) < 4.78 is 26.7. The molecular weight excluding hydrogens is 258 g/mol. The number of halogens is 2. The summed E-state index contributed by atoms with van der Waals surface area (Å²) in [5, 5.41) is 10.7. The predicted molar refractivity (Wildman–Crippen MR) is 63.5 cm³/mol. The van der Waals surface area contributed by atoms with Crippen molar-refractivity contribution >= 4 is 12.0 Å². The van der Waals surface area contributed by atoms with Crippen LogP contribution in [0, 0.1) is 11.6 Å². The van der Waals surface area contributed by atoms with Crippen LogP contribution in [0.4, 0.5) is 13.6 Å². The summed E-state index contributed by atoms with van der Waals surface area (Å²) in [5.74, 6) is -2.50. The summed E-state index contributed by atoms with van der Waals surface area (Å²) in [6.07, 6.45) is -0.215. The highest BCUT2D eigenvalue weighted by atomic mass is 19.1. The van der Waals surface area contributed by atoms with E-state index in [4.69, 9.17) is 5.11 Å². The van der Waals surface area contributed by atoms with E-state index in [2.05, 4.69) is 5.32 Å². The first-order chi connectivity index (χ1) is 8.91. The first-order valence-electron chi connectivity index (χ1n) is 5.55. The number of nitrogens with one attached hydrogen (secondary N) is 1. The molecule has 0 unspecified atom stereocenters. The highest BCUT2D eigenvalue weighted by Crippen LogP contribution is 2.13. The molecule has 2 amide bonds. The van der Waals surface area contributed by atoms with Crippen LogP contribution in [-0.2, 0) is 11.3 Å². The van der Waals surface area contributed by atoms with Gasteiger partial charge in [-0.1, -0.05) is 6.07 Å². The lowest BCUT2D eigenvalue weighted by Crippen LogP contribution is -2.38. The molecule has 0 spiro atoms. The van der Waals surface area contributed by atoms with Gasteiger partial charge < -0.3 is 15.3 Å². The number of benzene rings is 1. The van der Waals surface area contributed by atoms with Crippen LogP contribution in [0.5, 0.6) is 0 Å². The number of nitrogens with zero attached hydrogens (tertiary/aromatic N) is 1. The van der Waals surface area contributed by atoms with Crippen molar-refractivity contribution in [1.29, 1.82) is 0 Å². The Balaban J connectivity index is 2.56. The third-order valence-electron chi connectivity index (χ3n) is 2.42. The van der Waals surface area contributed by atoms with Crippen molar-refractivity contribution in [3.63, 3.8) is 0 Å². The molecule has 0 saturated carbocycles. The van der Waals surface area contributed by atoms with Gasteiger partial charge in [-0.3, -0.25) is 4.79 Å². The van der Waals surface area contributed by atoms with E-state index in [9.17, 15) is 18.4 Å². The molecule has 1 aromatic rings. The molecule has 0 aliphatic rings. The zero-order valence-electron chi connectivity index (χ0n) is 10.3. The fourth-order valence-electron chi connectivity index (χ4n) is 1.40. The lowest BCUT2D eigenvalue weighted by molar-refractivity contribution is -0.136. The minimum absolute atomic E-state index is 0.0434. The van der Waals surface area contributed by atoms with E-state index in [-0.39, 0.29) is 25.1 Å². The predicted octanol–water partition coefficient (Wildman–Crippen LogP) is 1.58. The van der Waals surface area contributed by atoms with Gasteiger partial charge in [-0.15, -0.1) is 0 Å². The van der Waals surface area contributed by atoms with E-state index in [1.54, 1.807) is 0 Å². The molecule has 0 aromatic heterocycles. The number of rotatable bonds is 5. The molecule has 0 fully saturated rings. The van der Waals surface area contributed by atoms with Crippen LogP contribution >= 0.6 is 0 Å². The van der Waals surface area contributed by atoms with Gasteiger partial charge in [-0.25, -0.2) is 13.6 Å². The molecular formula is C12H14F2N2O3. The number of urea groups is 1. The van der Waals surface area contributed by atoms with Gasteiger partial charge in [0.05, 0.1) is 13.0 Å². The number of carboxylic acid groups (broad SMARTS) is 1. The molecule has 104 valence electrons. The molecule has 1 aromatic carbocycles. The first kappa shape index (κ1) is 14.9. The van der Waals surface area contributed by atoms with Crippen LogP contribution in [0.1, 0.15) is 12.0 Å². The van der Waals surface area contributed by atoms with Crippen molar-refractivity contribution in [1.82, 2.24) is 10.2 Å². The zero-order chi connectivity index (χ0) is 14.4. The Morgan fingerprint density at radius 2 is 1.89 bits per heavy atom. The highest BCUT2D eigenvalue weighted by molar-refractivity contribution is 5.75. The molecule has 0 bridgehead atoms. The van der Waals surface area contributed by atoms with Crippen molar-refractivity contribution in [3.8, 4) is 0 Å². The topological polar surface area (TPSA) is 69.6 Å². The summed E-state index contributed by atoms with van der Waals surface area (Å²) in [4.78, 5) is 22.9. The van der Waals surface area contributed by atoms with Crippen molar-refractivity contribution in [3.05, 3.63) is 35.4 Å². The smallest absolute Gasteiger partial charge is 0.317 e. The van der Waals surface area contributed by atoms with Crippen LogP contribution in [0.25, 0.3) is 0 Å². The third-order valence-corrected chi connectivity index (χ3v) is 2.42. The van der Waals surface area contributed by atoms with E-state index in [1.165, 1.54) is 13.1 Å². The molecule has 0 saturated heterocycles. The lowest BCUT2D eigenvalue weighted by Gasteiger charge is -2.18. The monoisotopic (exact) mass is 272 g/mol. The molecule has 0 atom stereocenters. The van der Waals surface area contributed by atoms with Crippen LogP contribution in [0.3, 0.4) is 0 Å². The number of aliphatic carboxylic acids is 1. The molecule has 0 aliphatic carbocycles. The molecule has 0 heterocycles. The molecule has 0 radical (unpaired) electrons. The van der Waals surface area contributed by atoms with Gasteiger partial charge in [0.1, 0.15) is 11.6 Å². The van der Waals surface area contributed by atoms with Crippen molar-refractivity contribution < 1.29 is 23.5 Å². The number of hydrogen-bond donors (Lipinski definition) is 2. The van der Waals surface area contributed by atoms with E-state index in [0.29, 0.717) is 0 Å². The highest BCUT2D eigenvalue weighted by Gasteiger charge is 2.14. The summed E-state index contributed by atoms with van der Waals surface area (Å²) in [6, 6.07) is 2.86. The Hall–Kier alpha value is -2.18. The second kappa shape index (κ2) is 6.67. The van der Waals surface area contributed by atoms with Crippen LogP contribution in [-0.4, -0.2) is 35.6 Å². The lowest BCUT2D eigenvalue weighted by atomic mass is 10.2. The number of hydrogen-bond acceptors (Lipinski definition) is 2. The average Bonchev–Trinajstić information content (AvgIpc) is 2.33. The number of carboxylic acids is 1. The minimum Gasteiger partial charge on any atom is -0.481 e. The Morgan fingerprint density at radius 3 is 2.42 bits per heavy atom. The van der Waals surface area contributed by atoms with E-state index in [0.717, 1.165) is 17.0 Å². The van der Waals surface area contributed by atoms with Crippen molar-refractivity contribution in [2.75, 3.05) is 13.6 Å². The number of carbonyl (C=O) groups is 2.